The molecule has 0 aliphatic carbocycles. The van der Waals surface area contributed by atoms with Crippen LogP contribution in [0.4, 0.5) is 0 Å². The van der Waals surface area contributed by atoms with Crippen molar-refractivity contribution < 1.29 is 0 Å². The van der Waals surface area contributed by atoms with Crippen molar-refractivity contribution in [3.05, 3.63) is 34.9 Å². The minimum absolute atomic E-state index is 0.374. The lowest BCUT2D eigenvalue weighted by atomic mass is 10.0. The summed E-state index contributed by atoms with van der Waals surface area (Å²) in [4.78, 5) is 2.48. The summed E-state index contributed by atoms with van der Waals surface area (Å²) in [5, 5.41) is 0. The highest BCUT2D eigenvalue weighted by Crippen LogP contribution is 2.17. The molecule has 1 heterocycles. The molecule has 2 rings (SSSR count). The molecule has 1 saturated heterocycles. The summed E-state index contributed by atoms with van der Waals surface area (Å²) < 4.78 is 0. The second-order valence-corrected chi connectivity index (χ2v) is 5.00. The van der Waals surface area contributed by atoms with Gasteiger partial charge in [0.05, 0.1) is 0 Å². The van der Waals surface area contributed by atoms with Gasteiger partial charge in [-0.25, -0.2) is 0 Å². The molecule has 0 saturated carbocycles. The van der Waals surface area contributed by atoms with Crippen LogP contribution in [0.1, 0.15) is 29.5 Å². The molecule has 2 nitrogen and oxygen atoms in total. The Hall–Kier alpha value is -0.860. The van der Waals surface area contributed by atoms with Crippen molar-refractivity contribution in [1.82, 2.24) is 4.90 Å². The molecule has 0 amide bonds. The van der Waals surface area contributed by atoms with Gasteiger partial charge in [-0.3, -0.25) is 4.90 Å². The topological polar surface area (TPSA) is 29.3 Å². The molecular formula is C14H22N2. The Labute approximate surface area is 98.4 Å². The maximum Gasteiger partial charge on any atom is 0.0237 e. The Bertz CT molecular complexity index is 360. The molecule has 1 aromatic rings. The van der Waals surface area contributed by atoms with E-state index in [1.54, 1.807) is 0 Å². The summed E-state index contributed by atoms with van der Waals surface area (Å²) in [6.07, 6.45) is 2.43. The van der Waals surface area contributed by atoms with E-state index in [2.05, 4.69) is 36.9 Å². The van der Waals surface area contributed by atoms with Crippen LogP contribution in [0.15, 0.2) is 18.2 Å². The van der Waals surface area contributed by atoms with E-state index >= 15 is 0 Å². The van der Waals surface area contributed by atoms with Crippen LogP contribution in [0.2, 0.25) is 0 Å². The second-order valence-electron chi connectivity index (χ2n) is 5.00. The Morgan fingerprint density at radius 3 is 2.94 bits per heavy atom. The smallest absolute Gasteiger partial charge is 0.0237 e. The van der Waals surface area contributed by atoms with Gasteiger partial charge in [-0.2, -0.15) is 0 Å². The Morgan fingerprint density at radius 1 is 1.38 bits per heavy atom. The number of likely N-dealkylation sites (tertiary alicyclic amines) is 1. The SMILES string of the molecule is Cc1cccc(CN2CCC[C@@H](N)C2)c1C. The zero-order valence-corrected chi connectivity index (χ0v) is 10.4. The molecular weight excluding hydrogens is 196 g/mol. The van der Waals surface area contributed by atoms with Crippen molar-refractivity contribution in [3.63, 3.8) is 0 Å². The van der Waals surface area contributed by atoms with Crippen LogP contribution in [-0.2, 0) is 6.54 Å². The lowest BCUT2D eigenvalue weighted by molar-refractivity contribution is 0.201. The first-order valence-corrected chi connectivity index (χ1v) is 6.20. The molecule has 0 aromatic heterocycles. The van der Waals surface area contributed by atoms with Crippen LogP contribution >= 0.6 is 0 Å². The third-order valence-electron chi connectivity index (χ3n) is 3.65. The third-order valence-corrected chi connectivity index (χ3v) is 3.65. The van der Waals surface area contributed by atoms with Gasteiger partial charge >= 0.3 is 0 Å². The van der Waals surface area contributed by atoms with Gasteiger partial charge in [0, 0.05) is 19.1 Å². The highest BCUT2D eigenvalue weighted by atomic mass is 15.1. The van der Waals surface area contributed by atoms with E-state index < -0.39 is 0 Å². The fraction of sp³-hybridized carbons (Fsp3) is 0.571. The van der Waals surface area contributed by atoms with E-state index in [1.807, 2.05) is 0 Å². The molecule has 0 unspecified atom stereocenters. The van der Waals surface area contributed by atoms with Gasteiger partial charge < -0.3 is 5.73 Å². The summed E-state index contributed by atoms with van der Waals surface area (Å²) in [5.74, 6) is 0. The number of aryl methyl sites for hydroxylation is 1. The van der Waals surface area contributed by atoms with Crippen LogP contribution in [0, 0.1) is 13.8 Å². The Kier molecular flexibility index (Phi) is 3.62. The molecule has 0 radical (unpaired) electrons. The summed E-state index contributed by atoms with van der Waals surface area (Å²) in [5.41, 5.74) is 10.3. The van der Waals surface area contributed by atoms with Gasteiger partial charge in [-0.1, -0.05) is 18.2 Å². The molecule has 0 bridgehead atoms. The summed E-state index contributed by atoms with van der Waals surface area (Å²) in [7, 11) is 0. The van der Waals surface area contributed by atoms with Crippen LogP contribution in [-0.4, -0.2) is 24.0 Å². The number of piperidine rings is 1. The number of rotatable bonds is 2. The highest BCUT2D eigenvalue weighted by molar-refractivity contribution is 5.33. The van der Waals surface area contributed by atoms with Gasteiger partial charge in [0.15, 0.2) is 0 Å². The fourth-order valence-corrected chi connectivity index (χ4v) is 2.46. The van der Waals surface area contributed by atoms with Gasteiger partial charge in [-0.15, -0.1) is 0 Å². The molecule has 1 aromatic carbocycles. The molecule has 0 spiro atoms. The van der Waals surface area contributed by atoms with E-state index in [4.69, 9.17) is 5.73 Å². The average molecular weight is 218 g/mol. The molecule has 2 N–H and O–H groups in total. The Morgan fingerprint density at radius 2 is 2.19 bits per heavy atom. The average Bonchev–Trinajstić information content (AvgIpc) is 2.25. The first-order chi connectivity index (χ1) is 7.66. The van der Waals surface area contributed by atoms with E-state index in [-0.39, 0.29) is 0 Å². The molecule has 1 aliphatic rings. The largest absolute Gasteiger partial charge is 0.327 e. The van der Waals surface area contributed by atoms with Crippen LogP contribution in [0.25, 0.3) is 0 Å². The quantitative estimate of drug-likeness (QED) is 0.825. The van der Waals surface area contributed by atoms with E-state index in [9.17, 15) is 0 Å². The van der Waals surface area contributed by atoms with Crippen molar-refractivity contribution in [2.45, 2.75) is 39.3 Å². The molecule has 88 valence electrons. The molecule has 1 fully saturated rings. The van der Waals surface area contributed by atoms with Crippen molar-refractivity contribution >= 4 is 0 Å². The number of nitrogens with two attached hydrogens (primary N) is 1. The van der Waals surface area contributed by atoms with Crippen molar-refractivity contribution in [2.75, 3.05) is 13.1 Å². The highest BCUT2D eigenvalue weighted by Gasteiger charge is 2.17. The predicted molar refractivity (Wildman–Crippen MR) is 68.4 cm³/mol. The lowest BCUT2D eigenvalue weighted by Crippen LogP contribution is -2.42. The normalized spacial score (nSPS) is 22.3. The summed E-state index contributed by atoms with van der Waals surface area (Å²) in [6, 6.07) is 6.95. The zero-order valence-electron chi connectivity index (χ0n) is 10.4. The third kappa shape index (κ3) is 2.63. The lowest BCUT2D eigenvalue weighted by Gasteiger charge is -2.31. The van der Waals surface area contributed by atoms with Crippen molar-refractivity contribution in [1.29, 1.82) is 0 Å². The maximum atomic E-state index is 6.01. The monoisotopic (exact) mass is 218 g/mol. The van der Waals surface area contributed by atoms with Gasteiger partial charge in [0.25, 0.3) is 0 Å². The zero-order chi connectivity index (χ0) is 11.5. The predicted octanol–water partition coefficient (Wildman–Crippen LogP) is 2.23. The number of hydrogen-bond acceptors (Lipinski definition) is 2. The van der Waals surface area contributed by atoms with Crippen LogP contribution < -0.4 is 5.73 Å². The molecule has 1 atom stereocenters. The summed E-state index contributed by atoms with van der Waals surface area (Å²) in [6.45, 7) is 7.70. The number of nitrogens with zero attached hydrogens (tertiary/aromatic N) is 1. The second kappa shape index (κ2) is 4.98. The van der Waals surface area contributed by atoms with E-state index in [1.165, 1.54) is 36.1 Å². The minimum Gasteiger partial charge on any atom is -0.327 e. The Balaban J connectivity index is 2.05. The summed E-state index contributed by atoms with van der Waals surface area (Å²) >= 11 is 0. The van der Waals surface area contributed by atoms with E-state index in [0.717, 1.165) is 13.1 Å². The first-order valence-electron chi connectivity index (χ1n) is 6.20. The van der Waals surface area contributed by atoms with Gasteiger partial charge in [0.1, 0.15) is 0 Å². The molecule has 16 heavy (non-hydrogen) atoms. The van der Waals surface area contributed by atoms with Crippen molar-refractivity contribution in [2.24, 2.45) is 5.73 Å². The van der Waals surface area contributed by atoms with Gasteiger partial charge in [0.2, 0.25) is 0 Å². The van der Waals surface area contributed by atoms with Crippen LogP contribution in [0.5, 0.6) is 0 Å². The number of benzene rings is 1. The van der Waals surface area contributed by atoms with Crippen molar-refractivity contribution in [3.8, 4) is 0 Å². The first kappa shape index (κ1) is 11.6. The maximum absolute atomic E-state index is 6.01. The van der Waals surface area contributed by atoms with Gasteiger partial charge in [-0.05, 0) is 49.9 Å². The fourth-order valence-electron chi connectivity index (χ4n) is 2.46. The van der Waals surface area contributed by atoms with E-state index in [0.29, 0.717) is 6.04 Å². The van der Waals surface area contributed by atoms with Crippen LogP contribution in [0.3, 0.4) is 0 Å². The minimum atomic E-state index is 0.374. The molecule has 1 aliphatic heterocycles. The number of hydrogen-bond donors (Lipinski definition) is 1. The standard InChI is InChI=1S/C14H22N2/c1-11-5-3-6-13(12(11)2)9-16-8-4-7-14(15)10-16/h3,5-6,14H,4,7-10,15H2,1-2H3/t14-/m1/s1. The molecule has 2 heteroatoms.